The highest BCUT2D eigenvalue weighted by Crippen LogP contribution is 2.32. The van der Waals surface area contributed by atoms with Gasteiger partial charge in [0.2, 0.25) is 0 Å². The fraction of sp³-hybridized carbons (Fsp3) is 0.400. The summed E-state index contributed by atoms with van der Waals surface area (Å²) in [5, 5.41) is 0. The molecule has 0 saturated carbocycles. The van der Waals surface area contributed by atoms with Gasteiger partial charge in [-0.25, -0.2) is 8.78 Å². The summed E-state index contributed by atoms with van der Waals surface area (Å²) in [5.74, 6) is -0.223. The molecule has 0 atom stereocenters. The Morgan fingerprint density at radius 2 is 1.27 bits per heavy atom. The summed E-state index contributed by atoms with van der Waals surface area (Å²) in [4.78, 5) is 0. The molecule has 0 unspecified atom stereocenters. The molecule has 0 heterocycles. The summed E-state index contributed by atoms with van der Waals surface area (Å²) in [6, 6.07) is 18.3. The van der Waals surface area contributed by atoms with E-state index in [4.69, 9.17) is 4.74 Å². The quantitative estimate of drug-likeness (QED) is 0.250. The van der Waals surface area contributed by atoms with E-state index in [9.17, 15) is 8.78 Å². The van der Waals surface area contributed by atoms with Gasteiger partial charge in [0.1, 0.15) is 5.75 Å². The van der Waals surface area contributed by atoms with Crippen molar-refractivity contribution in [2.75, 3.05) is 6.61 Å². The molecule has 176 valence electrons. The molecule has 3 rings (SSSR count). The lowest BCUT2D eigenvalue weighted by atomic mass is 9.97. The van der Waals surface area contributed by atoms with Crippen molar-refractivity contribution < 1.29 is 13.5 Å². The zero-order valence-electron chi connectivity index (χ0n) is 20.2. The molecular formula is C30H36F2O. The van der Waals surface area contributed by atoms with Crippen LogP contribution in [0.1, 0.15) is 64.9 Å². The molecular weight excluding hydrogens is 414 g/mol. The van der Waals surface area contributed by atoms with Crippen LogP contribution in [0.4, 0.5) is 8.78 Å². The van der Waals surface area contributed by atoms with Gasteiger partial charge in [0.15, 0.2) is 11.6 Å². The molecule has 33 heavy (non-hydrogen) atoms. The Hall–Kier alpha value is -2.68. The lowest BCUT2D eigenvalue weighted by Crippen LogP contribution is -1.99. The fourth-order valence-corrected chi connectivity index (χ4v) is 4.01. The minimum atomic E-state index is -0.818. The standard InChI is InChI=1S/C30H36F2O/c1-4-5-6-7-10-23-11-13-24(14-12-23)27-19-20-28(30(32)29(27)31)25-15-17-26(18-16-25)33-21-8-9-22(2)3/h11-20,22H,4-10,21H2,1-3H3. The van der Waals surface area contributed by atoms with E-state index in [1.807, 2.05) is 36.4 Å². The second kappa shape index (κ2) is 12.5. The number of ether oxygens (including phenoxy) is 1. The lowest BCUT2D eigenvalue weighted by Gasteiger charge is -2.11. The van der Waals surface area contributed by atoms with Gasteiger partial charge in [-0.2, -0.15) is 0 Å². The van der Waals surface area contributed by atoms with Crippen molar-refractivity contribution in [1.82, 2.24) is 0 Å². The zero-order valence-corrected chi connectivity index (χ0v) is 20.2. The minimum absolute atomic E-state index is 0.259. The maximum atomic E-state index is 15.0. The number of aryl methyl sites for hydroxylation is 1. The summed E-state index contributed by atoms with van der Waals surface area (Å²) in [7, 11) is 0. The Morgan fingerprint density at radius 1 is 0.697 bits per heavy atom. The minimum Gasteiger partial charge on any atom is -0.494 e. The Labute approximate surface area is 197 Å². The molecule has 3 heteroatoms. The van der Waals surface area contributed by atoms with Crippen molar-refractivity contribution in [2.45, 2.75) is 65.7 Å². The van der Waals surface area contributed by atoms with Crippen LogP contribution in [0.2, 0.25) is 0 Å². The van der Waals surface area contributed by atoms with E-state index in [1.54, 1.807) is 24.3 Å². The van der Waals surface area contributed by atoms with Crippen molar-refractivity contribution >= 4 is 0 Å². The number of hydrogen-bond acceptors (Lipinski definition) is 1. The summed E-state index contributed by atoms with van der Waals surface area (Å²) in [5.41, 5.74) is 3.11. The average Bonchev–Trinajstić information content (AvgIpc) is 2.82. The second-order valence-electron chi connectivity index (χ2n) is 9.21. The van der Waals surface area contributed by atoms with Crippen LogP contribution in [0.3, 0.4) is 0 Å². The molecule has 0 aliphatic heterocycles. The van der Waals surface area contributed by atoms with E-state index in [-0.39, 0.29) is 5.56 Å². The van der Waals surface area contributed by atoms with Crippen molar-refractivity contribution in [1.29, 1.82) is 0 Å². The normalized spacial score (nSPS) is 11.2. The second-order valence-corrected chi connectivity index (χ2v) is 9.21. The number of rotatable bonds is 12. The van der Waals surface area contributed by atoms with Crippen LogP contribution < -0.4 is 4.74 Å². The van der Waals surface area contributed by atoms with E-state index >= 15 is 0 Å². The van der Waals surface area contributed by atoms with Crippen molar-refractivity contribution in [3.8, 4) is 28.0 Å². The van der Waals surface area contributed by atoms with E-state index < -0.39 is 11.6 Å². The molecule has 0 bridgehead atoms. The predicted octanol–water partition coefficient (Wildman–Crippen LogP) is 9.24. The van der Waals surface area contributed by atoms with Crippen LogP contribution in [-0.4, -0.2) is 6.61 Å². The average molecular weight is 451 g/mol. The maximum Gasteiger partial charge on any atom is 0.167 e. The van der Waals surface area contributed by atoms with Gasteiger partial charge in [-0.15, -0.1) is 0 Å². The number of benzene rings is 3. The Bertz CT molecular complexity index is 991. The number of halogens is 2. The van der Waals surface area contributed by atoms with Crippen LogP contribution in [0.15, 0.2) is 60.7 Å². The van der Waals surface area contributed by atoms with Crippen molar-refractivity contribution in [3.63, 3.8) is 0 Å². The Kier molecular flexibility index (Phi) is 9.47. The molecule has 0 N–H and O–H groups in total. The first-order valence-corrected chi connectivity index (χ1v) is 12.3. The Balaban J connectivity index is 1.67. The highest BCUT2D eigenvalue weighted by molar-refractivity contribution is 5.72. The fourth-order valence-electron chi connectivity index (χ4n) is 4.01. The molecule has 0 aliphatic rings. The van der Waals surface area contributed by atoms with E-state index in [1.165, 1.54) is 24.8 Å². The third kappa shape index (κ3) is 7.15. The van der Waals surface area contributed by atoms with Gasteiger partial charge < -0.3 is 4.74 Å². The molecule has 0 spiro atoms. The van der Waals surface area contributed by atoms with Crippen LogP contribution in [0, 0.1) is 17.6 Å². The van der Waals surface area contributed by atoms with E-state index in [0.717, 1.165) is 31.4 Å². The van der Waals surface area contributed by atoms with Gasteiger partial charge in [0.05, 0.1) is 6.61 Å². The maximum absolute atomic E-state index is 15.0. The first kappa shape index (κ1) is 25.0. The molecule has 0 radical (unpaired) electrons. The van der Waals surface area contributed by atoms with Gasteiger partial charge in [0, 0.05) is 11.1 Å². The highest BCUT2D eigenvalue weighted by Gasteiger charge is 2.16. The van der Waals surface area contributed by atoms with E-state index in [2.05, 4.69) is 20.8 Å². The molecule has 3 aromatic carbocycles. The SMILES string of the molecule is CCCCCCc1ccc(-c2ccc(-c3ccc(OCCCC(C)C)cc3)c(F)c2F)cc1. The predicted molar refractivity (Wildman–Crippen MR) is 135 cm³/mol. The molecule has 0 amide bonds. The molecule has 0 fully saturated rings. The smallest absolute Gasteiger partial charge is 0.167 e. The Morgan fingerprint density at radius 3 is 1.82 bits per heavy atom. The monoisotopic (exact) mass is 450 g/mol. The van der Waals surface area contributed by atoms with Crippen LogP contribution in [0.5, 0.6) is 5.75 Å². The first-order chi connectivity index (χ1) is 16.0. The summed E-state index contributed by atoms with van der Waals surface area (Å²) in [6.45, 7) is 7.25. The first-order valence-electron chi connectivity index (χ1n) is 12.3. The summed E-state index contributed by atoms with van der Waals surface area (Å²) in [6.07, 6.45) is 8.00. The molecule has 0 aliphatic carbocycles. The van der Waals surface area contributed by atoms with Crippen molar-refractivity contribution in [2.24, 2.45) is 5.92 Å². The van der Waals surface area contributed by atoms with Gasteiger partial charge >= 0.3 is 0 Å². The highest BCUT2D eigenvalue weighted by atomic mass is 19.2. The van der Waals surface area contributed by atoms with Gasteiger partial charge in [0.25, 0.3) is 0 Å². The number of unbranched alkanes of at least 4 members (excludes halogenated alkanes) is 3. The summed E-state index contributed by atoms with van der Waals surface area (Å²) < 4.78 is 35.7. The van der Waals surface area contributed by atoms with Crippen LogP contribution in [-0.2, 0) is 6.42 Å². The van der Waals surface area contributed by atoms with E-state index in [0.29, 0.717) is 29.2 Å². The summed E-state index contributed by atoms with van der Waals surface area (Å²) >= 11 is 0. The van der Waals surface area contributed by atoms with Gasteiger partial charge in [-0.1, -0.05) is 88.6 Å². The third-order valence-electron chi connectivity index (χ3n) is 6.03. The molecule has 3 aromatic rings. The van der Waals surface area contributed by atoms with Crippen LogP contribution in [0.25, 0.3) is 22.3 Å². The largest absolute Gasteiger partial charge is 0.494 e. The lowest BCUT2D eigenvalue weighted by molar-refractivity contribution is 0.298. The number of hydrogen-bond donors (Lipinski definition) is 0. The van der Waals surface area contributed by atoms with Crippen LogP contribution >= 0.6 is 0 Å². The van der Waals surface area contributed by atoms with Gasteiger partial charge in [-0.05, 0) is 60.4 Å². The van der Waals surface area contributed by atoms with Gasteiger partial charge in [-0.3, -0.25) is 0 Å². The molecule has 1 nitrogen and oxygen atoms in total. The van der Waals surface area contributed by atoms with Crippen molar-refractivity contribution in [3.05, 3.63) is 77.9 Å². The molecule has 0 saturated heterocycles. The zero-order chi connectivity index (χ0) is 23.6. The third-order valence-corrected chi connectivity index (χ3v) is 6.03. The molecule has 0 aromatic heterocycles. The topological polar surface area (TPSA) is 9.23 Å².